The molecule has 6 atom stereocenters. The number of nitriles is 1. The van der Waals surface area contributed by atoms with Crippen LogP contribution >= 0.6 is 0 Å². The number of aromatic nitrogens is 1. The SMILES string of the molecule is N#Cc1ccc(N[C@@H]2CCN(C(=O)OC3C4CC5C[C@H]3C[C@@](O)(C5)C4)C2)nc1. The first-order valence-corrected chi connectivity index (χ1v) is 10.3. The molecule has 148 valence electrons. The van der Waals surface area contributed by atoms with Gasteiger partial charge in [-0.05, 0) is 68.4 Å². The van der Waals surface area contributed by atoms with E-state index in [2.05, 4.69) is 16.4 Å². The Kier molecular flexibility index (Phi) is 4.20. The molecule has 28 heavy (non-hydrogen) atoms. The Labute approximate surface area is 164 Å². The smallest absolute Gasteiger partial charge is 0.410 e. The number of carbonyl (C=O) groups is 1. The molecule has 7 nitrogen and oxygen atoms in total. The summed E-state index contributed by atoms with van der Waals surface area (Å²) in [7, 11) is 0. The van der Waals surface area contributed by atoms with Crippen LogP contribution in [0.25, 0.3) is 0 Å². The number of rotatable bonds is 3. The van der Waals surface area contributed by atoms with E-state index < -0.39 is 5.60 Å². The minimum Gasteiger partial charge on any atom is -0.446 e. The number of amides is 1. The first-order valence-electron chi connectivity index (χ1n) is 10.3. The quantitative estimate of drug-likeness (QED) is 0.833. The zero-order valence-electron chi connectivity index (χ0n) is 15.9. The molecule has 5 fully saturated rings. The van der Waals surface area contributed by atoms with Crippen molar-refractivity contribution in [3.05, 3.63) is 23.9 Å². The van der Waals surface area contributed by atoms with E-state index in [0.717, 1.165) is 38.5 Å². The van der Waals surface area contributed by atoms with Crippen LogP contribution in [-0.2, 0) is 4.74 Å². The number of likely N-dealkylation sites (tertiary alicyclic amines) is 1. The summed E-state index contributed by atoms with van der Waals surface area (Å²) in [5.74, 6) is 1.96. The molecule has 4 bridgehead atoms. The zero-order chi connectivity index (χ0) is 19.3. The van der Waals surface area contributed by atoms with Gasteiger partial charge in [0, 0.05) is 25.3 Å². The molecule has 1 amide bonds. The third-order valence-electron chi connectivity index (χ3n) is 7.08. The minimum atomic E-state index is -0.504. The van der Waals surface area contributed by atoms with Crippen LogP contribution in [0, 0.1) is 29.1 Å². The predicted molar refractivity (Wildman–Crippen MR) is 101 cm³/mol. The molecule has 4 saturated carbocycles. The van der Waals surface area contributed by atoms with E-state index in [1.165, 1.54) is 0 Å². The third kappa shape index (κ3) is 3.20. The van der Waals surface area contributed by atoms with Crippen LogP contribution in [0.1, 0.15) is 44.1 Å². The van der Waals surface area contributed by atoms with Crippen molar-refractivity contribution in [2.45, 2.75) is 56.3 Å². The molecule has 4 aliphatic carbocycles. The Morgan fingerprint density at radius 1 is 1.32 bits per heavy atom. The molecule has 2 heterocycles. The van der Waals surface area contributed by atoms with E-state index in [0.29, 0.717) is 42.2 Å². The van der Waals surface area contributed by atoms with Gasteiger partial charge in [-0.1, -0.05) is 0 Å². The number of carbonyl (C=O) groups excluding carboxylic acids is 1. The maximum atomic E-state index is 12.8. The number of pyridine rings is 1. The van der Waals surface area contributed by atoms with Crippen molar-refractivity contribution in [1.29, 1.82) is 5.26 Å². The average molecular weight is 382 g/mol. The molecular formula is C21H26N4O3. The highest BCUT2D eigenvalue weighted by Crippen LogP contribution is 2.56. The minimum absolute atomic E-state index is 0.0310. The number of nitrogens with zero attached hydrogens (tertiary/aromatic N) is 3. The molecule has 1 aromatic rings. The second-order valence-corrected chi connectivity index (χ2v) is 9.16. The van der Waals surface area contributed by atoms with Gasteiger partial charge in [0.1, 0.15) is 18.0 Å². The molecule has 0 aromatic carbocycles. The lowest BCUT2D eigenvalue weighted by atomic mass is 9.53. The maximum Gasteiger partial charge on any atom is 0.410 e. The van der Waals surface area contributed by atoms with E-state index in [1.54, 1.807) is 23.2 Å². The van der Waals surface area contributed by atoms with Crippen LogP contribution in [-0.4, -0.2) is 51.9 Å². The Morgan fingerprint density at radius 2 is 2.11 bits per heavy atom. The topological polar surface area (TPSA) is 98.5 Å². The summed E-state index contributed by atoms with van der Waals surface area (Å²) in [5.41, 5.74) is 0.0263. The van der Waals surface area contributed by atoms with Crippen molar-refractivity contribution < 1.29 is 14.6 Å². The summed E-state index contributed by atoms with van der Waals surface area (Å²) in [6, 6.07) is 5.71. The van der Waals surface area contributed by atoms with Crippen LogP contribution in [0.4, 0.5) is 10.6 Å². The molecule has 2 N–H and O–H groups in total. The number of hydrogen-bond acceptors (Lipinski definition) is 6. The molecule has 6 rings (SSSR count). The second kappa shape index (κ2) is 6.63. The van der Waals surface area contributed by atoms with Crippen molar-refractivity contribution >= 4 is 11.9 Å². The Bertz CT molecular complexity index is 789. The number of ether oxygens (including phenoxy) is 1. The van der Waals surface area contributed by atoms with Gasteiger partial charge in [0.15, 0.2) is 0 Å². The number of anilines is 1. The lowest BCUT2D eigenvalue weighted by Crippen LogP contribution is -2.58. The van der Waals surface area contributed by atoms with Crippen molar-refractivity contribution in [2.75, 3.05) is 18.4 Å². The molecule has 0 radical (unpaired) electrons. The standard InChI is InChI=1S/C21H26N4O3/c22-10-13-1-2-18(23-11-13)24-17-3-4-25(12-17)20(26)28-19-15-5-14-6-16(19)9-21(27,7-14)8-15/h1-2,11,14-17,19,27H,3-9,12H2,(H,23,24)/t14?,15-,16?,17+,19?,21-/m0/s1. The number of nitrogens with one attached hydrogen (secondary N) is 1. The van der Waals surface area contributed by atoms with Crippen molar-refractivity contribution in [1.82, 2.24) is 9.88 Å². The van der Waals surface area contributed by atoms with Crippen LogP contribution in [0.15, 0.2) is 18.3 Å². The van der Waals surface area contributed by atoms with Crippen LogP contribution in [0.5, 0.6) is 0 Å². The fourth-order valence-corrected chi connectivity index (χ4v) is 6.12. The molecule has 3 unspecified atom stereocenters. The van der Waals surface area contributed by atoms with E-state index in [1.807, 2.05) is 0 Å². The van der Waals surface area contributed by atoms with E-state index in [4.69, 9.17) is 10.00 Å². The largest absolute Gasteiger partial charge is 0.446 e. The summed E-state index contributed by atoms with van der Waals surface area (Å²) in [6.07, 6.45) is 6.82. The van der Waals surface area contributed by atoms with Gasteiger partial charge in [0.25, 0.3) is 0 Å². The van der Waals surface area contributed by atoms with E-state index in [-0.39, 0.29) is 18.2 Å². The van der Waals surface area contributed by atoms with E-state index >= 15 is 0 Å². The van der Waals surface area contributed by atoms with Crippen molar-refractivity contribution in [2.24, 2.45) is 17.8 Å². The predicted octanol–water partition coefficient (Wildman–Crippen LogP) is 2.52. The first-order chi connectivity index (χ1) is 13.5. The summed E-state index contributed by atoms with van der Waals surface area (Å²) in [4.78, 5) is 18.8. The Hall–Kier alpha value is -2.33. The highest BCUT2D eigenvalue weighted by atomic mass is 16.6. The van der Waals surface area contributed by atoms with Gasteiger partial charge in [0.05, 0.1) is 11.2 Å². The van der Waals surface area contributed by atoms with E-state index in [9.17, 15) is 9.90 Å². The molecule has 7 heteroatoms. The Morgan fingerprint density at radius 3 is 2.75 bits per heavy atom. The lowest BCUT2D eigenvalue weighted by Gasteiger charge is -2.57. The number of hydrogen-bond donors (Lipinski definition) is 2. The average Bonchev–Trinajstić information content (AvgIpc) is 3.12. The molecule has 5 aliphatic rings. The molecular weight excluding hydrogens is 356 g/mol. The highest BCUT2D eigenvalue weighted by molar-refractivity contribution is 5.68. The van der Waals surface area contributed by atoms with Gasteiger partial charge in [-0.25, -0.2) is 9.78 Å². The summed E-state index contributed by atoms with van der Waals surface area (Å²) in [6.45, 7) is 1.26. The van der Waals surface area contributed by atoms with Crippen molar-refractivity contribution in [3.63, 3.8) is 0 Å². The first kappa shape index (κ1) is 17.7. The monoisotopic (exact) mass is 382 g/mol. The van der Waals surface area contributed by atoms with Gasteiger partial charge in [-0.15, -0.1) is 0 Å². The fraction of sp³-hybridized carbons (Fsp3) is 0.667. The van der Waals surface area contributed by atoms with Crippen LogP contribution in [0.2, 0.25) is 0 Å². The third-order valence-corrected chi connectivity index (χ3v) is 7.08. The summed E-state index contributed by atoms with van der Waals surface area (Å²) < 4.78 is 5.98. The summed E-state index contributed by atoms with van der Waals surface area (Å²) >= 11 is 0. The van der Waals surface area contributed by atoms with Crippen molar-refractivity contribution in [3.8, 4) is 6.07 Å². The van der Waals surface area contributed by atoms with Crippen LogP contribution in [0.3, 0.4) is 0 Å². The summed E-state index contributed by atoms with van der Waals surface area (Å²) in [5, 5.41) is 22.9. The molecule has 1 aliphatic heterocycles. The number of aliphatic hydroxyl groups is 1. The normalized spacial score (nSPS) is 38.3. The fourth-order valence-electron chi connectivity index (χ4n) is 6.12. The van der Waals surface area contributed by atoms with Gasteiger partial charge in [-0.3, -0.25) is 0 Å². The Balaban J connectivity index is 1.16. The van der Waals surface area contributed by atoms with Gasteiger partial charge < -0.3 is 20.1 Å². The zero-order valence-corrected chi connectivity index (χ0v) is 15.9. The lowest BCUT2D eigenvalue weighted by molar-refractivity contribution is -0.177. The van der Waals surface area contributed by atoms with Gasteiger partial charge in [0.2, 0.25) is 0 Å². The second-order valence-electron chi connectivity index (χ2n) is 9.16. The maximum absolute atomic E-state index is 12.8. The molecule has 1 aromatic heterocycles. The van der Waals surface area contributed by atoms with Gasteiger partial charge >= 0.3 is 6.09 Å². The molecule has 1 saturated heterocycles. The molecule has 0 spiro atoms. The highest BCUT2D eigenvalue weighted by Gasteiger charge is 2.56. The van der Waals surface area contributed by atoms with Crippen LogP contribution < -0.4 is 5.32 Å². The van der Waals surface area contributed by atoms with Gasteiger partial charge in [-0.2, -0.15) is 5.26 Å².